The van der Waals surface area contributed by atoms with Crippen molar-refractivity contribution in [3.05, 3.63) is 6.33 Å². The number of nitrogen functional groups attached to an aromatic ring is 1. The minimum Gasteiger partial charge on any atom is -0.490 e. The summed E-state index contributed by atoms with van der Waals surface area (Å²) < 4.78 is 5.33. The molecule has 1 fully saturated rings. The largest absolute Gasteiger partial charge is 0.490 e. The molecule has 0 spiro atoms. The van der Waals surface area contributed by atoms with Gasteiger partial charge in [-0.3, -0.25) is 0 Å². The van der Waals surface area contributed by atoms with Crippen LogP contribution in [-0.2, 0) is 0 Å². The molecule has 0 amide bonds. The molecule has 106 valence electrons. The Hall–Kier alpha value is -1.56. The number of aromatic nitrogens is 2. The van der Waals surface area contributed by atoms with E-state index in [1.807, 2.05) is 0 Å². The van der Waals surface area contributed by atoms with E-state index in [0.29, 0.717) is 28.8 Å². The highest BCUT2D eigenvalue weighted by molar-refractivity contribution is 5.63. The number of hydrogen-bond donors (Lipinski definition) is 3. The van der Waals surface area contributed by atoms with Gasteiger partial charge in [0.15, 0.2) is 11.6 Å². The van der Waals surface area contributed by atoms with Gasteiger partial charge < -0.3 is 15.5 Å². The molecule has 0 bridgehead atoms. The number of anilines is 2. The van der Waals surface area contributed by atoms with E-state index in [1.54, 1.807) is 7.11 Å². The lowest BCUT2D eigenvalue weighted by Crippen LogP contribution is -2.32. The Morgan fingerprint density at radius 2 is 2.11 bits per heavy atom. The zero-order chi connectivity index (χ0) is 13.9. The molecule has 1 aromatic rings. The van der Waals surface area contributed by atoms with Crippen LogP contribution in [0.3, 0.4) is 0 Å². The van der Waals surface area contributed by atoms with Crippen molar-refractivity contribution in [2.24, 2.45) is 11.3 Å². The molecule has 1 saturated carbocycles. The van der Waals surface area contributed by atoms with Crippen LogP contribution in [0.5, 0.6) is 5.75 Å². The summed E-state index contributed by atoms with van der Waals surface area (Å²) in [7, 11) is 1.59. The van der Waals surface area contributed by atoms with Crippen molar-refractivity contribution < 1.29 is 4.74 Å². The molecule has 6 heteroatoms. The third kappa shape index (κ3) is 3.26. The molecule has 2 rings (SSSR count). The van der Waals surface area contributed by atoms with Crippen LogP contribution in [0.4, 0.5) is 11.6 Å². The van der Waals surface area contributed by atoms with Crippen molar-refractivity contribution in [3.8, 4) is 5.75 Å². The van der Waals surface area contributed by atoms with E-state index in [9.17, 15) is 0 Å². The van der Waals surface area contributed by atoms with Crippen molar-refractivity contribution >= 4 is 11.6 Å². The Bertz CT molecular complexity index is 435. The molecule has 1 aliphatic carbocycles. The molecule has 4 N–H and O–H groups in total. The summed E-state index contributed by atoms with van der Waals surface area (Å²) in [6.45, 7) is 4.62. The monoisotopic (exact) mass is 265 g/mol. The van der Waals surface area contributed by atoms with E-state index in [-0.39, 0.29) is 0 Å². The van der Waals surface area contributed by atoms with E-state index >= 15 is 0 Å². The van der Waals surface area contributed by atoms with Crippen molar-refractivity contribution in [3.63, 3.8) is 0 Å². The van der Waals surface area contributed by atoms with Crippen LogP contribution in [0.15, 0.2) is 6.33 Å². The molecule has 1 heterocycles. The Labute approximate surface area is 114 Å². The molecule has 19 heavy (non-hydrogen) atoms. The van der Waals surface area contributed by atoms with Gasteiger partial charge in [-0.1, -0.05) is 20.3 Å². The lowest BCUT2D eigenvalue weighted by molar-refractivity contribution is 0.229. The maximum atomic E-state index is 5.42. The standard InChI is InChI=1S/C13H23N5O/c1-13(2)6-4-5-9(7-13)17-11-10(19-3)12(18-14)16-8-15-11/h8-9H,4-7,14H2,1-3H3,(H2,15,16,17,18). The average molecular weight is 265 g/mol. The number of methoxy groups -OCH3 is 1. The number of hydrazine groups is 1. The molecule has 0 aliphatic heterocycles. The minimum atomic E-state index is 0.380. The fraction of sp³-hybridized carbons (Fsp3) is 0.692. The van der Waals surface area contributed by atoms with Crippen LogP contribution >= 0.6 is 0 Å². The highest BCUT2D eigenvalue weighted by Crippen LogP contribution is 2.37. The van der Waals surface area contributed by atoms with Gasteiger partial charge in [-0.15, -0.1) is 0 Å². The fourth-order valence-electron chi connectivity index (χ4n) is 2.79. The lowest BCUT2D eigenvalue weighted by atomic mass is 9.75. The number of nitrogens with zero attached hydrogens (tertiary/aromatic N) is 2. The van der Waals surface area contributed by atoms with Crippen LogP contribution < -0.4 is 21.3 Å². The van der Waals surface area contributed by atoms with Crippen molar-refractivity contribution in [2.45, 2.75) is 45.6 Å². The first kappa shape index (κ1) is 13.9. The predicted octanol–water partition coefficient (Wildman–Crippen LogP) is 2.15. The van der Waals surface area contributed by atoms with Gasteiger partial charge in [-0.05, 0) is 24.7 Å². The van der Waals surface area contributed by atoms with E-state index in [1.165, 1.54) is 19.2 Å². The van der Waals surface area contributed by atoms with Gasteiger partial charge in [-0.2, -0.15) is 0 Å². The number of hydrogen-bond acceptors (Lipinski definition) is 6. The van der Waals surface area contributed by atoms with Crippen molar-refractivity contribution in [2.75, 3.05) is 17.9 Å². The maximum absolute atomic E-state index is 5.42. The van der Waals surface area contributed by atoms with Crippen molar-refractivity contribution in [1.29, 1.82) is 0 Å². The Balaban J connectivity index is 2.14. The number of nitrogens with two attached hydrogens (primary N) is 1. The van der Waals surface area contributed by atoms with Crippen LogP contribution in [0.25, 0.3) is 0 Å². The molecule has 1 aliphatic rings. The summed E-state index contributed by atoms with van der Waals surface area (Å²) in [6, 6.07) is 0.415. The summed E-state index contributed by atoms with van der Waals surface area (Å²) >= 11 is 0. The summed E-state index contributed by atoms with van der Waals surface area (Å²) in [5.41, 5.74) is 2.90. The third-order valence-corrected chi connectivity index (χ3v) is 3.69. The van der Waals surface area contributed by atoms with Gasteiger partial charge in [0.1, 0.15) is 6.33 Å². The molecule has 0 saturated heterocycles. The fourth-order valence-corrected chi connectivity index (χ4v) is 2.79. The van der Waals surface area contributed by atoms with Crippen LogP contribution in [0.1, 0.15) is 39.5 Å². The summed E-state index contributed by atoms with van der Waals surface area (Å²) in [5.74, 6) is 7.18. The lowest BCUT2D eigenvalue weighted by Gasteiger charge is -2.35. The number of nitrogens with one attached hydrogen (secondary N) is 2. The van der Waals surface area contributed by atoms with Crippen LogP contribution in [-0.4, -0.2) is 23.1 Å². The topological polar surface area (TPSA) is 85.1 Å². The second-order valence-corrected chi connectivity index (χ2v) is 5.85. The van der Waals surface area contributed by atoms with Gasteiger partial charge in [0.05, 0.1) is 7.11 Å². The SMILES string of the molecule is COc1c(NN)ncnc1NC1CCCC(C)(C)C1. The van der Waals surface area contributed by atoms with Gasteiger partial charge >= 0.3 is 0 Å². The smallest absolute Gasteiger partial charge is 0.205 e. The first-order valence-electron chi connectivity index (χ1n) is 6.68. The van der Waals surface area contributed by atoms with Gasteiger partial charge in [0.25, 0.3) is 0 Å². The maximum Gasteiger partial charge on any atom is 0.205 e. The normalized spacial score (nSPS) is 21.8. The van der Waals surface area contributed by atoms with Gasteiger partial charge in [-0.25, -0.2) is 15.8 Å². The Kier molecular flexibility index (Phi) is 4.09. The molecule has 6 nitrogen and oxygen atoms in total. The van der Waals surface area contributed by atoms with E-state index in [0.717, 1.165) is 12.8 Å². The first-order chi connectivity index (χ1) is 9.05. The van der Waals surface area contributed by atoms with Crippen molar-refractivity contribution in [1.82, 2.24) is 9.97 Å². The quantitative estimate of drug-likeness (QED) is 0.571. The first-order valence-corrected chi connectivity index (χ1v) is 6.68. The summed E-state index contributed by atoms with van der Waals surface area (Å²) in [4.78, 5) is 8.30. The van der Waals surface area contributed by atoms with E-state index in [2.05, 4.69) is 34.6 Å². The molecule has 1 unspecified atom stereocenters. The van der Waals surface area contributed by atoms with Gasteiger partial charge in [0, 0.05) is 6.04 Å². The van der Waals surface area contributed by atoms with E-state index < -0.39 is 0 Å². The van der Waals surface area contributed by atoms with Crippen LogP contribution in [0.2, 0.25) is 0 Å². The average Bonchev–Trinajstić information content (AvgIpc) is 2.37. The predicted molar refractivity (Wildman–Crippen MR) is 76.1 cm³/mol. The minimum absolute atomic E-state index is 0.380. The summed E-state index contributed by atoms with van der Waals surface area (Å²) in [5, 5.41) is 3.46. The zero-order valence-electron chi connectivity index (χ0n) is 11.9. The molecular weight excluding hydrogens is 242 g/mol. The second-order valence-electron chi connectivity index (χ2n) is 5.85. The highest BCUT2D eigenvalue weighted by atomic mass is 16.5. The molecule has 1 aromatic heterocycles. The van der Waals surface area contributed by atoms with E-state index in [4.69, 9.17) is 10.6 Å². The highest BCUT2D eigenvalue weighted by Gasteiger charge is 2.28. The third-order valence-electron chi connectivity index (χ3n) is 3.69. The Morgan fingerprint density at radius 1 is 1.37 bits per heavy atom. The molecular formula is C13H23N5O. The zero-order valence-corrected chi connectivity index (χ0v) is 11.9. The molecule has 1 atom stereocenters. The molecule has 0 aromatic carbocycles. The van der Waals surface area contributed by atoms with Crippen LogP contribution in [0, 0.1) is 5.41 Å². The number of rotatable bonds is 4. The summed E-state index contributed by atoms with van der Waals surface area (Å²) in [6.07, 6.45) is 6.28. The Morgan fingerprint density at radius 3 is 2.74 bits per heavy atom. The molecule has 0 radical (unpaired) electrons. The van der Waals surface area contributed by atoms with Gasteiger partial charge in [0.2, 0.25) is 5.75 Å². The number of ether oxygens (including phenoxy) is 1. The second kappa shape index (κ2) is 5.61.